The van der Waals surface area contributed by atoms with Gasteiger partial charge in [-0.1, -0.05) is 42.5 Å². The normalized spacial score (nSPS) is 10.4. The Labute approximate surface area is 159 Å². The standard InChI is InChI=1S/C22H23N3O2/c1-3-13-25(22(26)19-10-7-11-20(15-19)27-2)17-21-23-12-14-24(21)16-18-8-5-4-6-9-18/h3-12,14-15H,1,13,16-17H2,2H3. The van der Waals surface area contributed by atoms with Gasteiger partial charge in [-0.2, -0.15) is 0 Å². The average molecular weight is 361 g/mol. The van der Waals surface area contributed by atoms with Crippen LogP contribution in [0.25, 0.3) is 0 Å². The molecular formula is C22H23N3O2. The summed E-state index contributed by atoms with van der Waals surface area (Å²) in [6.07, 6.45) is 5.42. The predicted molar refractivity (Wildman–Crippen MR) is 106 cm³/mol. The van der Waals surface area contributed by atoms with E-state index in [0.29, 0.717) is 30.9 Å². The number of aromatic nitrogens is 2. The molecule has 0 radical (unpaired) electrons. The van der Waals surface area contributed by atoms with Crippen molar-refractivity contribution in [1.82, 2.24) is 14.5 Å². The fraction of sp³-hybridized carbons (Fsp3) is 0.182. The molecule has 3 rings (SSSR count). The van der Waals surface area contributed by atoms with Gasteiger partial charge in [0.1, 0.15) is 11.6 Å². The zero-order chi connectivity index (χ0) is 19.1. The van der Waals surface area contributed by atoms with Gasteiger partial charge in [-0.3, -0.25) is 4.79 Å². The van der Waals surface area contributed by atoms with Crippen molar-refractivity contribution in [3.63, 3.8) is 0 Å². The van der Waals surface area contributed by atoms with Crippen molar-refractivity contribution >= 4 is 5.91 Å². The van der Waals surface area contributed by atoms with Crippen molar-refractivity contribution < 1.29 is 9.53 Å². The van der Waals surface area contributed by atoms with E-state index in [9.17, 15) is 4.79 Å². The number of methoxy groups -OCH3 is 1. The van der Waals surface area contributed by atoms with E-state index in [-0.39, 0.29) is 5.91 Å². The van der Waals surface area contributed by atoms with Crippen LogP contribution in [0.15, 0.2) is 79.6 Å². The highest BCUT2D eigenvalue weighted by atomic mass is 16.5. The minimum absolute atomic E-state index is 0.0805. The fourth-order valence-corrected chi connectivity index (χ4v) is 2.90. The number of hydrogen-bond donors (Lipinski definition) is 0. The first kappa shape index (κ1) is 18.5. The Morgan fingerprint density at radius 2 is 2.04 bits per heavy atom. The van der Waals surface area contributed by atoms with Crippen molar-refractivity contribution in [2.45, 2.75) is 13.1 Å². The van der Waals surface area contributed by atoms with Crippen LogP contribution in [0.3, 0.4) is 0 Å². The summed E-state index contributed by atoms with van der Waals surface area (Å²) in [4.78, 5) is 19.2. The molecule has 1 aromatic heterocycles. The van der Waals surface area contributed by atoms with Crippen LogP contribution < -0.4 is 4.74 Å². The third kappa shape index (κ3) is 4.64. The molecule has 0 saturated carbocycles. The first-order chi connectivity index (χ1) is 13.2. The van der Waals surface area contributed by atoms with Gasteiger partial charge in [0.05, 0.1) is 13.7 Å². The van der Waals surface area contributed by atoms with E-state index >= 15 is 0 Å². The Morgan fingerprint density at radius 3 is 2.78 bits per heavy atom. The van der Waals surface area contributed by atoms with Crippen molar-refractivity contribution in [3.05, 3.63) is 96.6 Å². The van der Waals surface area contributed by atoms with E-state index < -0.39 is 0 Å². The topological polar surface area (TPSA) is 47.4 Å². The monoisotopic (exact) mass is 361 g/mol. The largest absolute Gasteiger partial charge is 0.497 e. The molecule has 3 aromatic rings. The molecule has 0 spiro atoms. The highest BCUT2D eigenvalue weighted by Crippen LogP contribution is 2.16. The van der Waals surface area contributed by atoms with E-state index in [1.165, 1.54) is 5.56 Å². The van der Waals surface area contributed by atoms with Gasteiger partial charge in [0.15, 0.2) is 0 Å². The van der Waals surface area contributed by atoms with Gasteiger partial charge < -0.3 is 14.2 Å². The van der Waals surface area contributed by atoms with Crippen LogP contribution in [0.5, 0.6) is 5.75 Å². The maximum Gasteiger partial charge on any atom is 0.254 e. The average Bonchev–Trinajstić information content (AvgIpc) is 3.14. The Kier molecular flexibility index (Phi) is 6.05. The lowest BCUT2D eigenvalue weighted by molar-refractivity contribution is 0.0757. The number of amides is 1. The van der Waals surface area contributed by atoms with E-state index in [0.717, 1.165) is 5.82 Å². The molecule has 0 aliphatic heterocycles. The molecule has 2 aromatic carbocycles. The van der Waals surface area contributed by atoms with Crippen molar-refractivity contribution in [2.75, 3.05) is 13.7 Å². The molecular weight excluding hydrogens is 338 g/mol. The Balaban J connectivity index is 1.79. The number of rotatable bonds is 8. The zero-order valence-electron chi connectivity index (χ0n) is 15.4. The van der Waals surface area contributed by atoms with E-state index in [4.69, 9.17) is 4.74 Å². The number of ether oxygens (including phenoxy) is 1. The number of hydrogen-bond acceptors (Lipinski definition) is 3. The lowest BCUT2D eigenvalue weighted by Crippen LogP contribution is -2.32. The summed E-state index contributed by atoms with van der Waals surface area (Å²) in [5.41, 5.74) is 1.77. The van der Waals surface area contributed by atoms with Crippen molar-refractivity contribution in [3.8, 4) is 5.75 Å². The Hall–Kier alpha value is -3.34. The number of benzene rings is 2. The van der Waals surface area contributed by atoms with Crippen LogP contribution in [0.4, 0.5) is 0 Å². The first-order valence-corrected chi connectivity index (χ1v) is 8.79. The molecule has 5 nitrogen and oxygen atoms in total. The summed E-state index contributed by atoms with van der Waals surface area (Å²) in [6.45, 7) is 5.34. The molecule has 0 unspecified atom stereocenters. The number of carbonyl (C=O) groups is 1. The van der Waals surface area contributed by atoms with Crippen LogP contribution >= 0.6 is 0 Å². The summed E-state index contributed by atoms with van der Waals surface area (Å²) < 4.78 is 7.29. The lowest BCUT2D eigenvalue weighted by Gasteiger charge is -2.22. The fourth-order valence-electron chi connectivity index (χ4n) is 2.90. The second-order valence-electron chi connectivity index (χ2n) is 6.16. The molecule has 138 valence electrons. The van der Waals surface area contributed by atoms with Crippen LogP contribution in [0.1, 0.15) is 21.7 Å². The van der Waals surface area contributed by atoms with E-state index in [1.54, 1.807) is 36.4 Å². The Bertz CT molecular complexity index is 903. The quantitative estimate of drug-likeness (QED) is 0.574. The number of imidazole rings is 1. The highest BCUT2D eigenvalue weighted by molar-refractivity contribution is 5.94. The third-order valence-corrected chi connectivity index (χ3v) is 4.28. The van der Waals surface area contributed by atoms with Gasteiger partial charge in [-0.15, -0.1) is 6.58 Å². The van der Waals surface area contributed by atoms with Crippen LogP contribution in [-0.4, -0.2) is 34.0 Å². The summed E-state index contributed by atoms with van der Waals surface area (Å²) in [5.74, 6) is 1.41. The molecule has 0 atom stereocenters. The van der Waals surface area contributed by atoms with E-state index in [2.05, 4.69) is 28.3 Å². The second kappa shape index (κ2) is 8.85. The van der Waals surface area contributed by atoms with E-state index in [1.807, 2.05) is 36.5 Å². The van der Waals surface area contributed by atoms with Gasteiger partial charge in [0, 0.05) is 31.0 Å². The molecule has 0 saturated heterocycles. The molecule has 0 N–H and O–H groups in total. The minimum atomic E-state index is -0.0805. The molecule has 0 fully saturated rings. The van der Waals surface area contributed by atoms with Gasteiger partial charge in [0.25, 0.3) is 5.91 Å². The third-order valence-electron chi connectivity index (χ3n) is 4.28. The first-order valence-electron chi connectivity index (χ1n) is 8.79. The minimum Gasteiger partial charge on any atom is -0.497 e. The molecule has 1 amide bonds. The van der Waals surface area contributed by atoms with Gasteiger partial charge >= 0.3 is 0 Å². The van der Waals surface area contributed by atoms with Crippen LogP contribution in [0.2, 0.25) is 0 Å². The molecule has 0 aliphatic rings. The maximum atomic E-state index is 13.0. The van der Waals surface area contributed by atoms with Crippen LogP contribution in [-0.2, 0) is 13.1 Å². The SMILES string of the molecule is C=CCN(Cc1nccn1Cc1ccccc1)C(=O)c1cccc(OC)c1. The summed E-state index contributed by atoms with van der Waals surface area (Å²) >= 11 is 0. The predicted octanol–water partition coefficient (Wildman–Crippen LogP) is 3.77. The summed E-state index contributed by atoms with van der Waals surface area (Å²) in [7, 11) is 1.59. The van der Waals surface area contributed by atoms with Crippen molar-refractivity contribution in [2.24, 2.45) is 0 Å². The molecule has 0 aliphatic carbocycles. The molecule has 27 heavy (non-hydrogen) atoms. The second-order valence-corrected chi connectivity index (χ2v) is 6.16. The molecule has 0 bridgehead atoms. The lowest BCUT2D eigenvalue weighted by atomic mass is 10.2. The molecule has 5 heteroatoms. The van der Waals surface area contributed by atoms with Gasteiger partial charge in [-0.25, -0.2) is 4.98 Å². The molecule has 1 heterocycles. The highest BCUT2D eigenvalue weighted by Gasteiger charge is 2.18. The Morgan fingerprint density at radius 1 is 1.22 bits per heavy atom. The van der Waals surface area contributed by atoms with Gasteiger partial charge in [0.2, 0.25) is 0 Å². The maximum absolute atomic E-state index is 13.0. The van der Waals surface area contributed by atoms with Gasteiger partial charge in [-0.05, 0) is 23.8 Å². The number of nitrogens with zero attached hydrogens (tertiary/aromatic N) is 3. The summed E-state index contributed by atoms with van der Waals surface area (Å²) in [6, 6.07) is 17.3. The number of carbonyl (C=O) groups excluding carboxylic acids is 1. The smallest absolute Gasteiger partial charge is 0.254 e. The van der Waals surface area contributed by atoms with Crippen molar-refractivity contribution in [1.29, 1.82) is 0 Å². The van der Waals surface area contributed by atoms with Crippen LogP contribution in [0, 0.1) is 0 Å². The zero-order valence-corrected chi connectivity index (χ0v) is 15.4. The summed E-state index contributed by atoms with van der Waals surface area (Å²) in [5, 5.41) is 0.